The lowest BCUT2D eigenvalue weighted by Crippen LogP contribution is -2.50. The number of rotatable bonds is 4. The molecule has 0 saturated carbocycles. The summed E-state index contributed by atoms with van der Waals surface area (Å²) >= 11 is 0. The summed E-state index contributed by atoms with van der Waals surface area (Å²) in [6.45, 7) is 8.19. The monoisotopic (exact) mass is 331 g/mol. The Kier molecular flexibility index (Phi) is 5.85. The second kappa shape index (κ2) is 7.27. The molecule has 0 aromatic carbocycles. The highest BCUT2D eigenvalue weighted by molar-refractivity contribution is 7.86. The molecule has 2 saturated heterocycles. The Morgan fingerprint density at radius 2 is 1.45 bits per heavy atom. The zero-order valence-electron chi connectivity index (χ0n) is 13.9. The maximum absolute atomic E-state index is 12.7. The summed E-state index contributed by atoms with van der Waals surface area (Å²) in [6, 6.07) is 0.129. The largest absolute Gasteiger partial charge is 0.354 e. The Hall–Kier alpha value is -0.660. The van der Waals surface area contributed by atoms with Crippen LogP contribution in [0.4, 0.5) is 0 Å². The van der Waals surface area contributed by atoms with E-state index in [1.54, 1.807) is 8.61 Å². The van der Waals surface area contributed by atoms with Crippen molar-refractivity contribution < 1.29 is 13.2 Å². The van der Waals surface area contributed by atoms with Gasteiger partial charge in [-0.25, -0.2) is 0 Å². The van der Waals surface area contributed by atoms with Gasteiger partial charge < -0.3 is 5.32 Å². The molecule has 0 aromatic rings. The fraction of sp³-hybridized carbons (Fsp3) is 0.933. The van der Waals surface area contributed by atoms with Crippen LogP contribution in [0.1, 0.15) is 46.5 Å². The van der Waals surface area contributed by atoms with Gasteiger partial charge in [-0.3, -0.25) is 4.79 Å². The molecular weight excluding hydrogens is 302 g/mol. The summed E-state index contributed by atoms with van der Waals surface area (Å²) in [6.07, 6.45) is 3.10. The minimum Gasteiger partial charge on any atom is -0.354 e. The van der Waals surface area contributed by atoms with Crippen LogP contribution < -0.4 is 5.32 Å². The van der Waals surface area contributed by atoms with Gasteiger partial charge >= 0.3 is 0 Å². The maximum Gasteiger partial charge on any atom is 0.281 e. The van der Waals surface area contributed by atoms with Gasteiger partial charge in [0, 0.05) is 38.1 Å². The predicted molar refractivity (Wildman–Crippen MR) is 86.5 cm³/mol. The highest BCUT2D eigenvalue weighted by atomic mass is 32.2. The SMILES string of the molecule is CC1CCN(S(=O)(=O)N2CCC(C(=O)NC(C)C)CC2)CC1. The number of hydrogen-bond donors (Lipinski definition) is 1. The van der Waals surface area contributed by atoms with Crippen molar-refractivity contribution >= 4 is 16.1 Å². The molecule has 1 amide bonds. The van der Waals surface area contributed by atoms with Gasteiger partial charge in [0.1, 0.15) is 0 Å². The molecular formula is C15H29N3O3S. The number of nitrogens with one attached hydrogen (secondary N) is 1. The molecule has 0 aliphatic carbocycles. The van der Waals surface area contributed by atoms with Crippen molar-refractivity contribution in [3.05, 3.63) is 0 Å². The molecule has 2 fully saturated rings. The van der Waals surface area contributed by atoms with Gasteiger partial charge in [-0.05, 0) is 45.4 Å². The zero-order chi connectivity index (χ0) is 16.3. The van der Waals surface area contributed by atoms with Crippen molar-refractivity contribution in [1.82, 2.24) is 13.9 Å². The first-order valence-electron chi connectivity index (χ1n) is 8.36. The van der Waals surface area contributed by atoms with Crippen LogP contribution in [-0.2, 0) is 15.0 Å². The first-order chi connectivity index (χ1) is 10.3. The first-order valence-corrected chi connectivity index (χ1v) is 9.76. The second-order valence-corrected chi connectivity index (χ2v) is 8.85. The number of amides is 1. The summed E-state index contributed by atoms with van der Waals surface area (Å²) in [7, 11) is -3.35. The van der Waals surface area contributed by atoms with Crippen molar-refractivity contribution in [2.45, 2.75) is 52.5 Å². The summed E-state index contributed by atoms with van der Waals surface area (Å²) in [4.78, 5) is 12.0. The van der Waals surface area contributed by atoms with E-state index in [-0.39, 0.29) is 17.9 Å². The third-order valence-electron chi connectivity index (χ3n) is 4.65. The molecule has 1 N–H and O–H groups in total. The van der Waals surface area contributed by atoms with Crippen LogP contribution in [-0.4, -0.2) is 55.2 Å². The van der Waals surface area contributed by atoms with Gasteiger partial charge in [-0.2, -0.15) is 17.0 Å². The molecule has 0 spiro atoms. The molecule has 0 bridgehead atoms. The van der Waals surface area contributed by atoms with Crippen LogP contribution in [0.15, 0.2) is 0 Å². The quantitative estimate of drug-likeness (QED) is 0.841. The Bertz CT molecular complexity index is 476. The van der Waals surface area contributed by atoms with Gasteiger partial charge in [0.25, 0.3) is 10.2 Å². The maximum atomic E-state index is 12.7. The van der Waals surface area contributed by atoms with Gasteiger partial charge in [-0.15, -0.1) is 0 Å². The van der Waals surface area contributed by atoms with Crippen molar-refractivity contribution in [1.29, 1.82) is 0 Å². The van der Waals surface area contributed by atoms with Crippen LogP contribution in [0.5, 0.6) is 0 Å². The molecule has 2 aliphatic rings. The Morgan fingerprint density at radius 1 is 1.00 bits per heavy atom. The highest BCUT2D eigenvalue weighted by Gasteiger charge is 2.35. The van der Waals surface area contributed by atoms with E-state index in [2.05, 4.69) is 12.2 Å². The predicted octanol–water partition coefficient (Wildman–Crippen LogP) is 1.20. The van der Waals surface area contributed by atoms with Crippen molar-refractivity contribution in [3.8, 4) is 0 Å². The minimum atomic E-state index is -3.35. The van der Waals surface area contributed by atoms with Gasteiger partial charge in [0.2, 0.25) is 5.91 Å². The summed E-state index contributed by atoms with van der Waals surface area (Å²) in [5.41, 5.74) is 0. The van der Waals surface area contributed by atoms with E-state index in [0.29, 0.717) is 44.9 Å². The number of carbonyl (C=O) groups excluding carboxylic acids is 1. The van der Waals surface area contributed by atoms with Crippen LogP contribution in [0, 0.1) is 11.8 Å². The highest BCUT2D eigenvalue weighted by Crippen LogP contribution is 2.25. The zero-order valence-corrected chi connectivity index (χ0v) is 14.7. The number of nitrogens with zero attached hydrogens (tertiary/aromatic N) is 2. The smallest absolute Gasteiger partial charge is 0.281 e. The lowest BCUT2D eigenvalue weighted by atomic mass is 9.97. The summed E-state index contributed by atoms with van der Waals surface area (Å²) in [5.74, 6) is 0.603. The first kappa shape index (κ1) is 17.7. The summed E-state index contributed by atoms with van der Waals surface area (Å²) < 4.78 is 28.5. The van der Waals surface area contributed by atoms with E-state index in [1.807, 2.05) is 13.8 Å². The minimum absolute atomic E-state index is 0.0545. The molecule has 0 radical (unpaired) electrons. The molecule has 0 unspecified atom stereocenters. The van der Waals surface area contributed by atoms with Gasteiger partial charge in [0.15, 0.2) is 0 Å². The van der Waals surface area contributed by atoms with E-state index in [0.717, 1.165) is 12.8 Å². The molecule has 0 aromatic heterocycles. The number of piperidine rings is 2. The van der Waals surface area contributed by atoms with E-state index >= 15 is 0 Å². The Labute approximate surface area is 134 Å². The van der Waals surface area contributed by atoms with E-state index in [9.17, 15) is 13.2 Å². The van der Waals surface area contributed by atoms with Crippen LogP contribution in [0.3, 0.4) is 0 Å². The van der Waals surface area contributed by atoms with Gasteiger partial charge in [-0.1, -0.05) is 6.92 Å². The summed E-state index contributed by atoms with van der Waals surface area (Å²) in [5, 5.41) is 2.92. The van der Waals surface area contributed by atoms with Crippen LogP contribution >= 0.6 is 0 Å². The normalized spacial score (nSPS) is 23.8. The topological polar surface area (TPSA) is 69.7 Å². The molecule has 128 valence electrons. The number of hydrogen-bond acceptors (Lipinski definition) is 3. The lowest BCUT2D eigenvalue weighted by Gasteiger charge is -2.37. The molecule has 22 heavy (non-hydrogen) atoms. The van der Waals surface area contributed by atoms with Crippen molar-refractivity contribution in [3.63, 3.8) is 0 Å². The standard InChI is InChI=1S/C15H29N3O3S/c1-12(2)16-15(19)14-6-10-18(11-7-14)22(20,21)17-8-4-13(3)5-9-17/h12-14H,4-11H2,1-3H3,(H,16,19). The lowest BCUT2D eigenvalue weighted by molar-refractivity contribution is -0.126. The van der Waals surface area contributed by atoms with Crippen molar-refractivity contribution in [2.24, 2.45) is 11.8 Å². The molecule has 0 atom stereocenters. The third kappa shape index (κ3) is 4.20. The van der Waals surface area contributed by atoms with E-state index in [1.165, 1.54) is 0 Å². The number of carbonyl (C=O) groups is 1. The van der Waals surface area contributed by atoms with Crippen molar-refractivity contribution in [2.75, 3.05) is 26.2 Å². The van der Waals surface area contributed by atoms with Crippen LogP contribution in [0.2, 0.25) is 0 Å². The Balaban J connectivity index is 1.89. The fourth-order valence-corrected chi connectivity index (χ4v) is 4.80. The van der Waals surface area contributed by atoms with Crippen LogP contribution in [0.25, 0.3) is 0 Å². The average molecular weight is 331 g/mol. The average Bonchev–Trinajstić information content (AvgIpc) is 2.47. The third-order valence-corrected chi connectivity index (χ3v) is 6.69. The van der Waals surface area contributed by atoms with Gasteiger partial charge in [0.05, 0.1) is 0 Å². The molecule has 6 nitrogen and oxygen atoms in total. The van der Waals surface area contributed by atoms with E-state index in [4.69, 9.17) is 0 Å². The van der Waals surface area contributed by atoms with E-state index < -0.39 is 10.2 Å². The molecule has 7 heteroatoms. The molecule has 2 aliphatic heterocycles. The molecule has 2 rings (SSSR count). The fourth-order valence-electron chi connectivity index (χ4n) is 3.13. The second-order valence-electron chi connectivity index (χ2n) is 6.93. The molecule has 2 heterocycles. The Morgan fingerprint density at radius 3 is 1.91 bits per heavy atom.